The van der Waals surface area contributed by atoms with E-state index in [2.05, 4.69) is 11.9 Å². The molecule has 5 rings (SSSR count). The zero-order valence-corrected chi connectivity index (χ0v) is 21.3. The molecule has 0 saturated carbocycles. The predicted octanol–water partition coefficient (Wildman–Crippen LogP) is 2.58. The zero-order chi connectivity index (χ0) is 26.2. The lowest BCUT2D eigenvalue weighted by molar-refractivity contribution is -0.135. The number of hydrogen-bond acceptors (Lipinski definition) is 6. The fourth-order valence-corrected chi connectivity index (χ4v) is 6.54. The number of carbonyl (C=O) groups excluding carboxylic acids is 3. The van der Waals surface area contributed by atoms with E-state index in [0.717, 1.165) is 32.0 Å². The Kier molecular flexibility index (Phi) is 6.91. The van der Waals surface area contributed by atoms with Gasteiger partial charge in [0.1, 0.15) is 5.76 Å². The molecular formula is C26H30N4O6S. The van der Waals surface area contributed by atoms with Gasteiger partial charge in [0.15, 0.2) is 5.88 Å². The fourth-order valence-electron chi connectivity index (χ4n) is 5.17. The smallest absolute Gasteiger partial charge is 0.253 e. The van der Waals surface area contributed by atoms with E-state index >= 15 is 0 Å². The van der Waals surface area contributed by atoms with E-state index in [1.165, 1.54) is 28.6 Å². The van der Waals surface area contributed by atoms with Crippen LogP contribution in [0, 0.1) is 5.92 Å². The van der Waals surface area contributed by atoms with Gasteiger partial charge in [-0.15, -0.1) is 0 Å². The second-order valence-electron chi connectivity index (χ2n) is 9.65. The van der Waals surface area contributed by atoms with Crippen LogP contribution in [0.4, 0.5) is 5.88 Å². The number of fused-ring (bicyclic) bond motifs is 1. The van der Waals surface area contributed by atoms with Crippen molar-refractivity contribution in [3.8, 4) is 0 Å². The predicted molar refractivity (Wildman–Crippen MR) is 135 cm³/mol. The highest BCUT2D eigenvalue weighted by Crippen LogP contribution is 2.33. The van der Waals surface area contributed by atoms with E-state index in [-0.39, 0.29) is 41.6 Å². The molecule has 10 nitrogen and oxygen atoms in total. The lowest BCUT2D eigenvalue weighted by Crippen LogP contribution is -2.43. The number of nitrogens with zero attached hydrogens (tertiary/aromatic N) is 3. The van der Waals surface area contributed by atoms with Gasteiger partial charge >= 0.3 is 0 Å². The van der Waals surface area contributed by atoms with Gasteiger partial charge in [0.25, 0.3) is 5.91 Å². The number of amides is 3. The number of anilines is 1. The van der Waals surface area contributed by atoms with E-state index in [0.29, 0.717) is 42.8 Å². The van der Waals surface area contributed by atoms with Crippen molar-refractivity contribution in [3.05, 3.63) is 59.9 Å². The van der Waals surface area contributed by atoms with E-state index in [4.69, 9.17) is 4.42 Å². The molecule has 0 atom stereocenters. The number of piperidine rings is 1. The third kappa shape index (κ3) is 5.05. The van der Waals surface area contributed by atoms with Crippen molar-refractivity contribution in [1.82, 2.24) is 14.1 Å². The average molecular weight is 527 g/mol. The van der Waals surface area contributed by atoms with Crippen molar-refractivity contribution in [1.29, 1.82) is 0 Å². The molecule has 0 unspecified atom stereocenters. The number of nitrogens with one attached hydrogen (secondary N) is 1. The molecule has 196 valence electrons. The largest absolute Gasteiger partial charge is 0.444 e. The zero-order valence-electron chi connectivity index (χ0n) is 20.5. The molecule has 0 bridgehead atoms. The Balaban J connectivity index is 1.18. The molecule has 2 fully saturated rings. The van der Waals surface area contributed by atoms with Gasteiger partial charge in [0, 0.05) is 55.8 Å². The lowest BCUT2D eigenvalue weighted by Gasteiger charge is -2.33. The second-order valence-corrected chi connectivity index (χ2v) is 11.6. The Labute approximate surface area is 215 Å². The van der Waals surface area contributed by atoms with Crippen molar-refractivity contribution in [2.45, 2.75) is 43.7 Å². The highest BCUT2D eigenvalue weighted by atomic mass is 32.2. The molecule has 37 heavy (non-hydrogen) atoms. The summed E-state index contributed by atoms with van der Waals surface area (Å²) >= 11 is 0. The first-order valence-corrected chi connectivity index (χ1v) is 13.9. The maximum Gasteiger partial charge on any atom is 0.253 e. The Bertz CT molecular complexity index is 1300. The number of likely N-dealkylation sites (tertiary alicyclic amines) is 2. The molecule has 3 aliphatic heterocycles. The van der Waals surface area contributed by atoms with Crippen LogP contribution in [0.1, 0.15) is 47.4 Å². The second kappa shape index (κ2) is 10.1. The molecule has 1 N–H and O–H groups in total. The van der Waals surface area contributed by atoms with Crippen LogP contribution in [-0.2, 0) is 32.7 Å². The summed E-state index contributed by atoms with van der Waals surface area (Å²) in [5.41, 5.74) is 1.10. The Morgan fingerprint density at radius 3 is 2.27 bits per heavy atom. The van der Waals surface area contributed by atoms with Crippen molar-refractivity contribution >= 4 is 33.6 Å². The van der Waals surface area contributed by atoms with Crippen molar-refractivity contribution in [3.63, 3.8) is 0 Å². The molecule has 1 aromatic heterocycles. The quantitative estimate of drug-likeness (QED) is 0.578. The van der Waals surface area contributed by atoms with Gasteiger partial charge < -0.3 is 14.2 Å². The van der Waals surface area contributed by atoms with E-state index in [1.54, 1.807) is 11.0 Å². The number of furan rings is 1. The van der Waals surface area contributed by atoms with Crippen LogP contribution in [-0.4, -0.2) is 66.4 Å². The van der Waals surface area contributed by atoms with Gasteiger partial charge in [0.05, 0.1) is 11.4 Å². The maximum atomic E-state index is 13.2. The van der Waals surface area contributed by atoms with E-state index in [1.807, 2.05) is 4.90 Å². The summed E-state index contributed by atoms with van der Waals surface area (Å²) < 4.78 is 33.2. The van der Waals surface area contributed by atoms with Gasteiger partial charge in [0.2, 0.25) is 21.8 Å². The Morgan fingerprint density at radius 2 is 1.65 bits per heavy atom. The summed E-state index contributed by atoms with van der Waals surface area (Å²) in [6.07, 6.45) is 4.54. The molecular weight excluding hydrogens is 496 g/mol. The van der Waals surface area contributed by atoms with Crippen LogP contribution >= 0.6 is 0 Å². The van der Waals surface area contributed by atoms with Gasteiger partial charge in [-0.2, -0.15) is 4.31 Å². The summed E-state index contributed by atoms with van der Waals surface area (Å²) in [5, 5.41) is 2.52. The molecule has 11 heteroatoms. The summed E-state index contributed by atoms with van der Waals surface area (Å²) in [7, 11) is -3.81. The molecule has 3 amide bonds. The number of sulfonamides is 1. The molecule has 2 aromatic rings. The number of hydrogen-bond donors (Lipinski definition) is 1. The van der Waals surface area contributed by atoms with Crippen molar-refractivity contribution in [2.24, 2.45) is 5.92 Å². The molecule has 0 aliphatic carbocycles. The summed E-state index contributed by atoms with van der Waals surface area (Å²) in [4.78, 5) is 40.9. The first-order chi connectivity index (χ1) is 17.8. The topological polar surface area (TPSA) is 120 Å². The molecule has 4 heterocycles. The van der Waals surface area contributed by atoms with Crippen LogP contribution in [0.3, 0.4) is 0 Å². The lowest BCUT2D eigenvalue weighted by atomic mass is 9.95. The van der Waals surface area contributed by atoms with Gasteiger partial charge in [-0.1, -0.05) is 6.58 Å². The first kappa shape index (κ1) is 25.2. The van der Waals surface area contributed by atoms with Crippen LogP contribution in [0.25, 0.3) is 0 Å². The maximum absolute atomic E-state index is 13.2. The van der Waals surface area contributed by atoms with Crippen molar-refractivity contribution in [2.75, 3.05) is 31.5 Å². The van der Waals surface area contributed by atoms with Gasteiger partial charge in [-0.3, -0.25) is 19.7 Å². The molecule has 2 saturated heterocycles. The van der Waals surface area contributed by atoms with Crippen LogP contribution in [0.15, 0.2) is 52.3 Å². The summed E-state index contributed by atoms with van der Waals surface area (Å²) in [6, 6.07) is 7.57. The standard InChI is InChI=1S/C26H30N4O6S/c1-2-23(31)27-24-15-20-16-30(17-22(20)36-24)37(34,35)21-7-5-18(6-8-21)25(32)29-13-9-19(10-14-29)26(33)28-11-3-4-12-28/h2,5-8,15,19H,1,3-4,9-14,16-17H2,(H,27,31). The first-order valence-electron chi connectivity index (χ1n) is 12.5. The van der Waals surface area contributed by atoms with Crippen LogP contribution in [0.2, 0.25) is 0 Å². The van der Waals surface area contributed by atoms with Crippen molar-refractivity contribution < 1.29 is 27.2 Å². The minimum Gasteiger partial charge on any atom is -0.444 e. The molecule has 1 aromatic carbocycles. The van der Waals surface area contributed by atoms with Gasteiger partial charge in [-0.25, -0.2) is 8.42 Å². The van der Waals surface area contributed by atoms with Crippen LogP contribution in [0.5, 0.6) is 0 Å². The third-order valence-corrected chi connectivity index (χ3v) is 9.09. The monoisotopic (exact) mass is 526 g/mol. The number of rotatable bonds is 6. The van der Waals surface area contributed by atoms with E-state index < -0.39 is 15.9 Å². The minimum atomic E-state index is -3.81. The molecule has 3 aliphatic rings. The highest BCUT2D eigenvalue weighted by Gasteiger charge is 2.34. The Morgan fingerprint density at radius 1 is 0.973 bits per heavy atom. The molecule has 0 radical (unpaired) electrons. The molecule has 0 spiro atoms. The van der Waals surface area contributed by atoms with Gasteiger partial charge in [-0.05, 0) is 56.0 Å². The SMILES string of the molecule is C=CC(=O)Nc1cc2c(o1)CN(S(=O)(=O)c1ccc(C(=O)N3CCC(C(=O)N4CCCC4)CC3)cc1)C2. The Hall–Kier alpha value is -3.44. The minimum absolute atomic E-state index is 0.0291. The number of benzene rings is 1. The highest BCUT2D eigenvalue weighted by molar-refractivity contribution is 7.89. The summed E-state index contributed by atoms with van der Waals surface area (Å²) in [6.45, 7) is 6.25. The summed E-state index contributed by atoms with van der Waals surface area (Å²) in [5.74, 6) is 0.330. The third-order valence-electron chi connectivity index (χ3n) is 7.28. The average Bonchev–Trinajstić information content (AvgIpc) is 3.65. The van der Waals surface area contributed by atoms with Crippen LogP contribution < -0.4 is 5.32 Å². The van der Waals surface area contributed by atoms with E-state index in [9.17, 15) is 22.8 Å². The number of carbonyl (C=O) groups is 3. The normalized spacial score (nSPS) is 18.6. The fraction of sp³-hybridized carbons (Fsp3) is 0.423.